The van der Waals surface area contributed by atoms with Gasteiger partial charge in [-0.2, -0.15) is 0 Å². The van der Waals surface area contributed by atoms with Gasteiger partial charge in [-0.3, -0.25) is 4.79 Å². The van der Waals surface area contributed by atoms with Gasteiger partial charge in [-0.15, -0.1) is 0 Å². The van der Waals surface area contributed by atoms with E-state index in [2.05, 4.69) is 6.92 Å². The highest BCUT2D eigenvalue weighted by Crippen LogP contribution is 2.19. The van der Waals surface area contributed by atoms with Gasteiger partial charge in [0, 0.05) is 19.1 Å². The molecule has 0 aromatic rings. The van der Waals surface area contributed by atoms with Gasteiger partial charge in [-0.25, -0.2) is 0 Å². The molecule has 1 fully saturated rings. The standard InChI is InChI=1S/C13H26N2O2/c1-10(2)17-9-6-13(16)15-7-4-12(5-8-15)11(3)14/h10-12H,4-9,14H2,1-3H3. The van der Waals surface area contributed by atoms with Crippen LogP contribution in [0.4, 0.5) is 0 Å². The minimum atomic E-state index is 0.201. The number of hydrogen-bond donors (Lipinski definition) is 1. The van der Waals surface area contributed by atoms with Crippen molar-refractivity contribution >= 4 is 5.91 Å². The smallest absolute Gasteiger partial charge is 0.224 e. The molecule has 1 aliphatic heterocycles. The first-order valence-electron chi connectivity index (χ1n) is 6.65. The van der Waals surface area contributed by atoms with E-state index in [0.717, 1.165) is 25.9 Å². The lowest BCUT2D eigenvalue weighted by atomic mass is 9.91. The third kappa shape index (κ3) is 5.04. The maximum absolute atomic E-state index is 11.9. The average Bonchev–Trinajstić information content (AvgIpc) is 2.28. The maximum atomic E-state index is 11.9. The predicted octanol–water partition coefficient (Wildman–Crippen LogP) is 1.39. The van der Waals surface area contributed by atoms with Gasteiger partial charge in [0.25, 0.3) is 0 Å². The fourth-order valence-corrected chi connectivity index (χ4v) is 2.21. The van der Waals surface area contributed by atoms with E-state index in [1.54, 1.807) is 0 Å². The van der Waals surface area contributed by atoms with Crippen molar-refractivity contribution in [3.63, 3.8) is 0 Å². The molecule has 100 valence electrons. The Hall–Kier alpha value is -0.610. The maximum Gasteiger partial charge on any atom is 0.224 e. The molecule has 0 saturated carbocycles. The molecular weight excluding hydrogens is 216 g/mol. The van der Waals surface area contributed by atoms with E-state index in [-0.39, 0.29) is 18.1 Å². The van der Waals surface area contributed by atoms with Crippen LogP contribution >= 0.6 is 0 Å². The molecule has 1 atom stereocenters. The van der Waals surface area contributed by atoms with Crippen LogP contribution in [0.3, 0.4) is 0 Å². The minimum absolute atomic E-state index is 0.201. The molecule has 1 aliphatic rings. The Morgan fingerprint density at radius 3 is 2.41 bits per heavy atom. The third-order valence-electron chi connectivity index (χ3n) is 3.40. The van der Waals surface area contributed by atoms with Crippen LogP contribution in [0.1, 0.15) is 40.0 Å². The van der Waals surface area contributed by atoms with Gasteiger partial charge in [0.2, 0.25) is 5.91 Å². The lowest BCUT2D eigenvalue weighted by molar-refractivity contribution is -0.134. The van der Waals surface area contributed by atoms with Crippen molar-refractivity contribution in [1.29, 1.82) is 0 Å². The predicted molar refractivity (Wildman–Crippen MR) is 68.7 cm³/mol. The van der Waals surface area contributed by atoms with Crippen LogP contribution in [0.15, 0.2) is 0 Å². The summed E-state index contributed by atoms with van der Waals surface area (Å²) in [6, 6.07) is 0.247. The van der Waals surface area contributed by atoms with E-state index in [1.807, 2.05) is 18.7 Å². The Bertz CT molecular complexity index is 234. The van der Waals surface area contributed by atoms with Gasteiger partial charge in [0.05, 0.1) is 19.1 Å². The van der Waals surface area contributed by atoms with Gasteiger partial charge in [-0.05, 0) is 39.5 Å². The van der Waals surface area contributed by atoms with E-state index in [0.29, 0.717) is 18.9 Å². The van der Waals surface area contributed by atoms with Crippen LogP contribution < -0.4 is 5.73 Å². The molecule has 1 amide bonds. The summed E-state index contributed by atoms with van der Waals surface area (Å²) < 4.78 is 5.40. The molecule has 0 bridgehead atoms. The Morgan fingerprint density at radius 1 is 1.35 bits per heavy atom. The van der Waals surface area contributed by atoms with E-state index >= 15 is 0 Å². The number of carbonyl (C=O) groups excluding carboxylic acids is 1. The number of ether oxygens (including phenoxy) is 1. The quantitative estimate of drug-likeness (QED) is 0.792. The lowest BCUT2D eigenvalue weighted by Crippen LogP contribution is -2.42. The van der Waals surface area contributed by atoms with E-state index in [4.69, 9.17) is 10.5 Å². The van der Waals surface area contributed by atoms with Crippen molar-refractivity contribution in [2.24, 2.45) is 11.7 Å². The summed E-state index contributed by atoms with van der Waals surface area (Å²) in [6.07, 6.45) is 2.77. The van der Waals surface area contributed by atoms with E-state index in [1.165, 1.54) is 0 Å². The van der Waals surface area contributed by atoms with E-state index < -0.39 is 0 Å². The summed E-state index contributed by atoms with van der Waals surface area (Å²) in [5, 5.41) is 0. The van der Waals surface area contributed by atoms with Gasteiger partial charge < -0.3 is 15.4 Å². The fourth-order valence-electron chi connectivity index (χ4n) is 2.21. The largest absolute Gasteiger partial charge is 0.378 e. The van der Waals surface area contributed by atoms with Gasteiger partial charge in [0.1, 0.15) is 0 Å². The topological polar surface area (TPSA) is 55.6 Å². The summed E-state index contributed by atoms with van der Waals surface area (Å²) >= 11 is 0. The third-order valence-corrected chi connectivity index (χ3v) is 3.40. The SMILES string of the molecule is CC(C)OCCC(=O)N1CCC(C(C)N)CC1. The molecule has 17 heavy (non-hydrogen) atoms. The molecule has 1 rings (SSSR count). The molecule has 0 aromatic carbocycles. The molecule has 0 radical (unpaired) electrons. The Kier molecular flexibility index (Phi) is 5.92. The first kappa shape index (κ1) is 14.5. The molecule has 1 heterocycles. The van der Waals surface area contributed by atoms with Crippen LogP contribution in [0.5, 0.6) is 0 Å². The molecule has 1 unspecified atom stereocenters. The van der Waals surface area contributed by atoms with Crippen LogP contribution in [-0.2, 0) is 9.53 Å². The van der Waals surface area contributed by atoms with Gasteiger partial charge >= 0.3 is 0 Å². The first-order valence-corrected chi connectivity index (χ1v) is 6.65. The van der Waals surface area contributed by atoms with Crippen molar-refractivity contribution in [2.75, 3.05) is 19.7 Å². The molecule has 0 aromatic heterocycles. The minimum Gasteiger partial charge on any atom is -0.378 e. The summed E-state index contributed by atoms with van der Waals surface area (Å²) in [5.74, 6) is 0.791. The number of rotatable bonds is 5. The highest BCUT2D eigenvalue weighted by atomic mass is 16.5. The molecule has 0 spiro atoms. The van der Waals surface area contributed by atoms with Crippen LogP contribution in [0.25, 0.3) is 0 Å². The zero-order valence-electron chi connectivity index (χ0n) is 11.3. The van der Waals surface area contributed by atoms with Crippen molar-refractivity contribution in [3.05, 3.63) is 0 Å². The number of hydrogen-bond acceptors (Lipinski definition) is 3. The van der Waals surface area contributed by atoms with Crippen LogP contribution in [-0.4, -0.2) is 42.6 Å². The number of carbonyl (C=O) groups is 1. The Morgan fingerprint density at radius 2 is 1.94 bits per heavy atom. The Labute approximate surface area is 104 Å². The monoisotopic (exact) mass is 242 g/mol. The van der Waals surface area contributed by atoms with E-state index in [9.17, 15) is 4.79 Å². The number of nitrogens with zero attached hydrogens (tertiary/aromatic N) is 1. The zero-order chi connectivity index (χ0) is 12.8. The Balaban J connectivity index is 2.21. The number of likely N-dealkylation sites (tertiary alicyclic amines) is 1. The lowest BCUT2D eigenvalue weighted by Gasteiger charge is -2.33. The highest BCUT2D eigenvalue weighted by molar-refractivity contribution is 5.76. The van der Waals surface area contributed by atoms with Gasteiger partial charge in [0.15, 0.2) is 0 Å². The summed E-state index contributed by atoms with van der Waals surface area (Å²) in [7, 11) is 0. The van der Waals surface area contributed by atoms with Crippen molar-refractivity contribution < 1.29 is 9.53 Å². The van der Waals surface area contributed by atoms with Crippen LogP contribution in [0.2, 0.25) is 0 Å². The first-order chi connectivity index (χ1) is 8.00. The van der Waals surface area contributed by atoms with Crippen molar-refractivity contribution in [1.82, 2.24) is 4.90 Å². The number of piperidine rings is 1. The van der Waals surface area contributed by atoms with Gasteiger partial charge in [-0.1, -0.05) is 0 Å². The second-order valence-electron chi connectivity index (χ2n) is 5.25. The normalized spacial score (nSPS) is 19.7. The second kappa shape index (κ2) is 6.97. The summed E-state index contributed by atoms with van der Waals surface area (Å²) in [4.78, 5) is 13.8. The molecule has 0 aliphatic carbocycles. The number of amides is 1. The molecule has 4 heteroatoms. The van der Waals surface area contributed by atoms with Crippen molar-refractivity contribution in [3.8, 4) is 0 Å². The molecule has 2 N–H and O–H groups in total. The summed E-state index contributed by atoms with van der Waals surface area (Å²) in [6.45, 7) is 8.26. The highest BCUT2D eigenvalue weighted by Gasteiger charge is 2.24. The zero-order valence-corrected chi connectivity index (χ0v) is 11.3. The summed E-state index contributed by atoms with van der Waals surface area (Å²) in [5.41, 5.74) is 5.88. The fraction of sp³-hybridized carbons (Fsp3) is 0.923. The second-order valence-corrected chi connectivity index (χ2v) is 5.25. The van der Waals surface area contributed by atoms with Crippen LogP contribution in [0, 0.1) is 5.92 Å². The number of nitrogens with two attached hydrogens (primary N) is 1. The van der Waals surface area contributed by atoms with Crippen molar-refractivity contribution in [2.45, 2.75) is 52.2 Å². The molecular formula is C13H26N2O2. The molecule has 1 saturated heterocycles. The average molecular weight is 242 g/mol. The molecule has 4 nitrogen and oxygen atoms in total.